The quantitative estimate of drug-likeness (QED) is 0.697. The van der Waals surface area contributed by atoms with Gasteiger partial charge >= 0.3 is 0 Å². The van der Waals surface area contributed by atoms with Gasteiger partial charge in [0.05, 0.1) is 24.1 Å². The summed E-state index contributed by atoms with van der Waals surface area (Å²) in [6, 6.07) is 10.9. The molecule has 2 heterocycles. The average molecular weight is 425 g/mol. The van der Waals surface area contributed by atoms with Crippen molar-refractivity contribution in [3.8, 4) is 5.75 Å². The zero-order valence-electron chi connectivity index (χ0n) is 18.6. The van der Waals surface area contributed by atoms with Crippen molar-refractivity contribution in [2.75, 3.05) is 43.0 Å². The van der Waals surface area contributed by atoms with Crippen LogP contribution in [-0.4, -0.2) is 54.5 Å². The molecule has 1 saturated heterocycles. The summed E-state index contributed by atoms with van der Waals surface area (Å²) in [6.45, 7) is 9.44. The maximum atomic E-state index is 12.6. The molecule has 1 atom stereocenters. The summed E-state index contributed by atoms with van der Waals surface area (Å²) >= 11 is 0. The van der Waals surface area contributed by atoms with Gasteiger partial charge in [0.2, 0.25) is 5.91 Å². The highest BCUT2D eigenvalue weighted by Crippen LogP contribution is 2.21. The van der Waals surface area contributed by atoms with E-state index in [1.807, 2.05) is 43.0 Å². The van der Waals surface area contributed by atoms with Crippen LogP contribution in [0.15, 0.2) is 42.6 Å². The molecule has 7 heteroatoms. The van der Waals surface area contributed by atoms with Crippen LogP contribution in [0.25, 0.3) is 0 Å². The molecule has 0 aliphatic carbocycles. The van der Waals surface area contributed by atoms with Crippen LogP contribution in [0.5, 0.6) is 5.75 Å². The summed E-state index contributed by atoms with van der Waals surface area (Å²) in [7, 11) is 0. The first-order valence-electron chi connectivity index (χ1n) is 11.1. The van der Waals surface area contributed by atoms with Gasteiger partial charge in [-0.3, -0.25) is 9.59 Å². The number of nitrogens with one attached hydrogen (secondary N) is 1. The highest BCUT2D eigenvalue weighted by Gasteiger charge is 2.25. The lowest BCUT2D eigenvalue weighted by molar-refractivity contribution is -0.135. The average Bonchev–Trinajstić information content (AvgIpc) is 2.80. The van der Waals surface area contributed by atoms with Crippen molar-refractivity contribution in [2.45, 2.75) is 33.6 Å². The van der Waals surface area contributed by atoms with Crippen LogP contribution in [0.4, 0.5) is 11.5 Å². The summed E-state index contributed by atoms with van der Waals surface area (Å²) in [4.78, 5) is 33.8. The predicted molar refractivity (Wildman–Crippen MR) is 123 cm³/mol. The van der Waals surface area contributed by atoms with Crippen molar-refractivity contribution < 1.29 is 14.3 Å². The number of piperazine rings is 1. The Balaban J connectivity index is 1.56. The molecule has 0 saturated carbocycles. The Kier molecular flexibility index (Phi) is 7.87. The summed E-state index contributed by atoms with van der Waals surface area (Å²) in [5.74, 6) is 1.52. The minimum atomic E-state index is -0.230. The van der Waals surface area contributed by atoms with Gasteiger partial charge in [-0.25, -0.2) is 4.98 Å². The molecule has 166 valence electrons. The molecule has 1 aliphatic rings. The van der Waals surface area contributed by atoms with E-state index in [0.717, 1.165) is 31.7 Å². The molecule has 1 fully saturated rings. The van der Waals surface area contributed by atoms with Crippen LogP contribution in [0, 0.1) is 5.92 Å². The lowest BCUT2D eigenvalue weighted by atomic mass is 10.0. The number of ether oxygens (including phenoxy) is 1. The SMILES string of the molecule is CCC[C@H](C)C(=O)N1CCN(c2ccc(NC(=O)c3ccccc3OCC)cn2)CC1. The van der Waals surface area contributed by atoms with Gasteiger partial charge in [0.25, 0.3) is 5.91 Å². The van der Waals surface area contributed by atoms with Crippen LogP contribution >= 0.6 is 0 Å². The van der Waals surface area contributed by atoms with E-state index in [1.165, 1.54) is 0 Å². The number of hydrogen-bond donors (Lipinski definition) is 1. The van der Waals surface area contributed by atoms with Crippen molar-refractivity contribution in [3.05, 3.63) is 48.2 Å². The van der Waals surface area contributed by atoms with E-state index in [9.17, 15) is 9.59 Å². The fourth-order valence-electron chi connectivity index (χ4n) is 3.81. The lowest BCUT2D eigenvalue weighted by Crippen LogP contribution is -2.50. The number of pyridine rings is 1. The van der Waals surface area contributed by atoms with Crippen molar-refractivity contribution in [1.82, 2.24) is 9.88 Å². The van der Waals surface area contributed by atoms with Crippen molar-refractivity contribution in [2.24, 2.45) is 5.92 Å². The molecule has 0 radical (unpaired) electrons. The molecule has 1 aromatic carbocycles. The molecule has 7 nitrogen and oxygen atoms in total. The summed E-state index contributed by atoms with van der Waals surface area (Å²) in [5.41, 5.74) is 1.12. The van der Waals surface area contributed by atoms with Crippen LogP contribution in [0.1, 0.15) is 44.0 Å². The smallest absolute Gasteiger partial charge is 0.259 e. The summed E-state index contributed by atoms with van der Waals surface area (Å²) < 4.78 is 5.54. The monoisotopic (exact) mass is 424 g/mol. The van der Waals surface area contributed by atoms with Crippen molar-refractivity contribution >= 4 is 23.3 Å². The van der Waals surface area contributed by atoms with Gasteiger partial charge in [-0.2, -0.15) is 0 Å². The Morgan fingerprint density at radius 1 is 1.10 bits per heavy atom. The molecular weight excluding hydrogens is 392 g/mol. The zero-order valence-corrected chi connectivity index (χ0v) is 18.6. The molecular formula is C24H32N4O3. The summed E-state index contributed by atoms with van der Waals surface area (Å²) in [5, 5.41) is 2.88. The number of aromatic nitrogens is 1. The Labute approximate surface area is 184 Å². The van der Waals surface area contributed by atoms with E-state index in [1.54, 1.807) is 18.3 Å². The molecule has 3 rings (SSSR count). The maximum Gasteiger partial charge on any atom is 0.259 e. The fraction of sp³-hybridized carbons (Fsp3) is 0.458. The fourth-order valence-corrected chi connectivity index (χ4v) is 3.81. The van der Waals surface area contributed by atoms with E-state index in [0.29, 0.717) is 36.7 Å². The van der Waals surface area contributed by atoms with Gasteiger partial charge in [0.1, 0.15) is 11.6 Å². The lowest BCUT2D eigenvalue weighted by Gasteiger charge is -2.36. The number of carbonyl (C=O) groups excluding carboxylic acids is 2. The molecule has 1 aromatic heterocycles. The van der Waals surface area contributed by atoms with E-state index in [-0.39, 0.29) is 17.7 Å². The topological polar surface area (TPSA) is 74.8 Å². The minimum Gasteiger partial charge on any atom is -0.493 e. The minimum absolute atomic E-state index is 0.0884. The van der Waals surface area contributed by atoms with E-state index in [4.69, 9.17) is 4.74 Å². The Hall–Kier alpha value is -3.09. The third kappa shape index (κ3) is 5.75. The third-order valence-corrected chi connectivity index (χ3v) is 5.50. The van der Waals surface area contributed by atoms with E-state index < -0.39 is 0 Å². The van der Waals surface area contributed by atoms with Gasteiger partial charge in [-0.05, 0) is 37.6 Å². The number of amides is 2. The van der Waals surface area contributed by atoms with Crippen LogP contribution in [0.2, 0.25) is 0 Å². The van der Waals surface area contributed by atoms with Gasteiger partial charge in [-0.15, -0.1) is 0 Å². The van der Waals surface area contributed by atoms with E-state index in [2.05, 4.69) is 22.1 Å². The molecule has 2 aromatic rings. The van der Waals surface area contributed by atoms with Crippen molar-refractivity contribution in [1.29, 1.82) is 0 Å². The Morgan fingerprint density at radius 2 is 1.84 bits per heavy atom. The van der Waals surface area contributed by atoms with Crippen LogP contribution in [-0.2, 0) is 4.79 Å². The normalized spacial score (nSPS) is 14.8. The van der Waals surface area contributed by atoms with Crippen LogP contribution in [0.3, 0.4) is 0 Å². The van der Waals surface area contributed by atoms with Crippen LogP contribution < -0.4 is 15.0 Å². The first-order chi connectivity index (χ1) is 15.0. The first-order valence-corrected chi connectivity index (χ1v) is 11.1. The molecule has 1 N–H and O–H groups in total. The van der Waals surface area contributed by atoms with Gasteiger partial charge in [0.15, 0.2) is 0 Å². The second kappa shape index (κ2) is 10.8. The number of para-hydroxylation sites is 1. The molecule has 2 amide bonds. The number of rotatable bonds is 8. The zero-order chi connectivity index (χ0) is 22.2. The highest BCUT2D eigenvalue weighted by atomic mass is 16.5. The van der Waals surface area contributed by atoms with E-state index >= 15 is 0 Å². The second-order valence-electron chi connectivity index (χ2n) is 7.79. The molecule has 31 heavy (non-hydrogen) atoms. The first kappa shape index (κ1) is 22.6. The molecule has 0 spiro atoms. The summed E-state index contributed by atoms with van der Waals surface area (Å²) in [6.07, 6.45) is 3.62. The van der Waals surface area contributed by atoms with Gasteiger partial charge in [0, 0.05) is 32.1 Å². The molecule has 0 bridgehead atoms. The number of benzene rings is 1. The number of hydrogen-bond acceptors (Lipinski definition) is 5. The number of carbonyl (C=O) groups is 2. The standard InChI is InChI=1S/C24H32N4O3/c1-4-8-18(3)24(30)28-15-13-27(14-16-28)22-12-11-19(17-25-22)26-23(29)20-9-6-7-10-21(20)31-5-2/h6-7,9-12,17-18H,4-5,8,13-16H2,1-3H3,(H,26,29)/t18-/m0/s1. The predicted octanol–water partition coefficient (Wildman–Crippen LogP) is 3.82. The van der Waals surface area contributed by atoms with Gasteiger partial charge in [-0.1, -0.05) is 32.4 Å². The Bertz CT molecular complexity index is 877. The van der Waals surface area contributed by atoms with Crippen molar-refractivity contribution in [3.63, 3.8) is 0 Å². The number of nitrogens with zero attached hydrogens (tertiary/aromatic N) is 3. The molecule has 0 unspecified atom stereocenters. The van der Waals surface area contributed by atoms with Gasteiger partial charge < -0.3 is 19.9 Å². The largest absolute Gasteiger partial charge is 0.493 e. The maximum absolute atomic E-state index is 12.6. The Morgan fingerprint density at radius 3 is 2.48 bits per heavy atom. The third-order valence-electron chi connectivity index (χ3n) is 5.50. The second-order valence-corrected chi connectivity index (χ2v) is 7.79. The molecule has 1 aliphatic heterocycles. The highest BCUT2D eigenvalue weighted by molar-refractivity contribution is 6.06. The number of anilines is 2.